The first-order chi connectivity index (χ1) is 20.4. The number of amides is 1. The van der Waals surface area contributed by atoms with E-state index in [0.29, 0.717) is 31.0 Å². The van der Waals surface area contributed by atoms with Gasteiger partial charge in [-0.2, -0.15) is 17.5 Å². The Morgan fingerprint density at radius 1 is 1.14 bits per heavy atom. The molecule has 3 heterocycles. The van der Waals surface area contributed by atoms with Crippen molar-refractivity contribution in [2.45, 2.75) is 75.2 Å². The summed E-state index contributed by atoms with van der Waals surface area (Å²) in [5.41, 5.74) is 1.32. The van der Waals surface area contributed by atoms with Gasteiger partial charge in [0.2, 0.25) is 15.9 Å². The third-order valence-electron chi connectivity index (χ3n) is 8.83. The van der Waals surface area contributed by atoms with Crippen LogP contribution in [0.15, 0.2) is 42.5 Å². The van der Waals surface area contributed by atoms with Crippen LogP contribution >= 0.6 is 11.6 Å². The van der Waals surface area contributed by atoms with E-state index in [-0.39, 0.29) is 67.3 Å². The lowest BCUT2D eigenvalue weighted by Gasteiger charge is -2.37. The van der Waals surface area contributed by atoms with Gasteiger partial charge in [0.05, 0.1) is 12.4 Å². The first-order valence-corrected chi connectivity index (χ1v) is 16.6. The number of rotatable bonds is 8. The number of hydrogen-bond acceptors (Lipinski definition) is 5. The molecular weight excluding hydrogens is 610 g/mol. The molecule has 2 bridgehead atoms. The second-order valence-corrected chi connectivity index (χ2v) is 14.2. The van der Waals surface area contributed by atoms with E-state index in [1.165, 1.54) is 12.1 Å². The summed E-state index contributed by atoms with van der Waals surface area (Å²) in [5.74, 6) is -1.61. The highest BCUT2D eigenvalue weighted by Crippen LogP contribution is 2.39. The van der Waals surface area contributed by atoms with Crippen LogP contribution < -0.4 is 10.6 Å². The third kappa shape index (κ3) is 7.89. The lowest BCUT2D eigenvalue weighted by atomic mass is 9.79. The van der Waals surface area contributed by atoms with Gasteiger partial charge in [0.25, 0.3) is 0 Å². The van der Waals surface area contributed by atoms with Gasteiger partial charge in [0.15, 0.2) is 6.10 Å². The van der Waals surface area contributed by atoms with E-state index < -0.39 is 39.9 Å². The molecule has 13 heteroatoms. The number of nitrogens with one attached hydrogen (secondary N) is 2. The van der Waals surface area contributed by atoms with Crippen molar-refractivity contribution in [1.82, 2.24) is 9.62 Å². The van der Waals surface area contributed by atoms with Crippen LogP contribution in [0.4, 0.5) is 23.2 Å². The van der Waals surface area contributed by atoms with Crippen LogP contribution in [0.2, 0.25) is 5.02 Å². The summed E-state index contributed by atoms with van der Waals surface area (Å²) in [4.78, 5) is 13.4. The fourth-order valence-electron chi connectivity index (χ4n) is 6.50. The predicted octanol–water partition coefficient (Wildman–Crippen LogP) is 5.65. The zero-order valence-electron chi connectivity index (χ0n) is 23.6. The lowest BCUT2D eigenvalue weighted by Crippen LogP contribution is -2.57. The van der Waals surface area contributed by atoms with Crippen molar-refractivity contribution in [2.24, 2.45) is 5.92 Å². The van der Waals surface area contributed by atoms with Crippen molar-refractivity contribution in [3.8, 4) is 0 Å². The molecular formula is C30H36ClF4N3O4S. The maximum Gasteiger partial charge on any atom is 0.414 e. The van der Waals surface area contributed by atoms with E-state index in [2.05, 4.69) is 10.6 Å². The highest BCUT2D eigenvalue weighted by atomic mass is 35.5. The molecule has 2 N–H and O–H groups in total. The van der Waals surface area contributed by atoms with Gasteiger partial charge in [-0.15, -0.1) is 0 Å². The van der Waals surface area contributed by atoms with Crippen LogP contribution in [-0.2, 0) is 26.0 Å². The van der Waals surface area contributed by atoms with Crippen molar-refractivity contribution in [2.75, 3.05) is 30.8 Å². The number of sulfonamides is 1. The Morgan fingerprint density at radius 3 is 2.60 bits per heavy atom. The Morgan fingerprint density at radius 2 is 1.91 bits per heavy atom. The molecule has 1 amide bonds. The van der Waals surface area contributed by atoms with Crippen molar-refractivity contribution >= 4 is 33.2 Å². The number of carbonyl (C=O) groups excluding carboxylic acids is 1. The molecule has 236 valence electrons. The Balaban J connectivity index is 1.29. The largest absolute Gasteiger partial charge is 0.414 e. The van der Waals surface area contributed by atoms with Crippen LogP contribution in [0.5, 0.6) is 0 Å². The summed E-state index contributed by atoms with van der Waals surface area (Å²) in [7, 11) is -3.40. The maximum atomic E-state index is 15.1. The highest BCUT2D eigenvalue weighted by Gasteiger charge is 2.44. The molecule has 0 saturated carbocycles. The second kappa shape index (κ2) is 13.4. The first kappa shape index (κ1) is 32.2. The Labute approximate surface area is 254 Å². The Kier molecular flexibility index (Phi) is 10.0. The quantitative estimate of drug-likeness (QED) is 0.363. The molecule has 0 aromatic heterocycles. The predicted molar refractivity (Wildman–Crippen MR) is 156 cm³/mol. The van der Waals surface area contributed by atoms with Crippen molar-refractivity contribution in [1.29, 1.82) is 0 Å². The van der Waals surface area contributed by atoms with Crippen LogP contribution in [0.25, 0.3) is 0 Å². The first-order valence-electron chi connectivity index (χ1n) is 14.6. The molecule has 3 aliphatic heterocycles. The van der Waals surface area contributed by atoms with E-state index in [4.69, 9.17) is 16.3 Å². The standard InChI is InChI=1S/C30H36ClF4N3O4S/c31-21-9-6-19(7-10-21)25(20-8-13-28(42-18-20)30(33,34)35)15-29(39)37-27-5-1-4-26(32)24(27)12-11-23-16-36-22-3-2-14-43(40,41)38(23)17-22/h1,4-7,9-10,20,22-23,25,28,36H,2-3,8,11-18H2,(H,37,39)/t20?,22-,23+,25+,28?/m1/s1. The van der Waals surface area contributed by atoms with Gasteiger partial charge in [-0.25, -0.2) is 12.8 Å². The average Bonchev–Trinajstić information content (AvgIpc) is 3.07. The number of nitrogens with zero attached hydrogens (tertiary/aromatic N) is 1. The molecule has 3 fully saturated rings. The van der Waals surface area contributed by atoms with Gasteiger partial charge in [-0.05, 0) is 80.2 Å². The van der Waals surface area contributed by atoms with Crippen molar-refractivity contribution < 1.29 is 35.5 Å². The number of fused-ring (bicyclic) bond motifs is 2. The number of hydrogen-bond donors (Lipinski definition) is 2. The number of anilines is 1. The summed E-state index contributed by atoms with van der Waals surface area (Å²) in [6.45, 7) is 0.724. The minimum atomic E-state index is -4.45. The minimum Gasteiger partial charge on any atom is -0.368 e. The summed E-state index contributed by atoms with van der Waals surface area (Å²) < 4.78 is 87.1. The fraction of sp³-hybridized carbons (Fsp3) is 0.567. The number of carbonyl (C=O) groups is 1. The van der Waals surface area contributed by atoms with Gasteiger partial charge < -0.3 is 15.4 Å². The summed E-state index contributed by atoms with van der Waals surface area (Å²) in [6.07, 6.45) is -4.33. The Hall–Kier alpha value is -2.25. The maximum absolute atomic E-state index is 15.1. The van der Waals surface area contributed by atoms with E-state index in [0.717, 1.165) is 12.0 Å². The topological polar surface area (TPSA) is 87.7 Å². The van der Waals surface area contributed by atoms with Crippen LogP contribution in [0.3, 0.4) is 0 Å². The van der Waals surface area contributed by atoms with E-state index >= 15 is 4.39 Å². The molecule has 6 atom stereocenters. The number of halogens is 5. The summed E-state index contributed by atoms with van der Waals surface area (Å²) >= 11 is 6.05. The van der Waals surface area contributed by atoms with Gasteiger partial charge in [0, 0.05) is 47.9 Å². The monoisotopic (exact) mass is 645 g/mol. The molecule has 3 saturated heterocycles. The normalized spacial score (nSPS) is 28.1. The molecule has 3 aliphatic rings. The SMILES string of the molecule is O=C(C[C@@H](c1ccc(Cl)cc1)C1CCC(C(F)(F)F)OC1)Nc1cccc(F)c1CC[C@H]1CN[C@@H]2CCCS(=O)(=O)N1C2. The summed E-state index contributed by atoms with van der Waals surface area (Å²) in [5, 5.41) is 6.72. The van der Waals surface area contributed by atoms with E-state index in [1.807, 2.05) is 0 Å². The molecule has 43 heavy (non-hydrogen) atoms. The van der Waals surface area contributed by atoms with Crippen molar-refractivity contribution in [3.05, 3.63) is 64.4 Å². The van der Waals surface area contributed by atoms with Crippen LogP contribution in [-0.4, -0.2) is 68.4 Å². The number of piperazine rings is 1. The fourth-order valence-corrected chi connectivity index (χ4v) is 8.43. The molecule has 0 radical (unpaired) electrons. The molecule has 0 spiro atoms. The smallest absolute Gasteiger partial charge is 0.368 e. The molecule has 5 rings (SSSR count). The molecule has 3 unspecified atom stereocenters. The Bertz CT molecular complexity index is 1380. The van der Waals surface area contributed by atoms with Gasteiger partial charge in [0.1, 0.15) is 5.82 Å². The van der Waals surface area contributed by atoms with Gasteiger partial charge in [-0.3, -0.25) is 4.79 Å². The highest BCUT2D eigenvalue weighted by molar-refractivity contribution is 7.89. The molecule has 0 aliphatic carbocycles. The van der Waals surface area contributed by atoms with Crippen LogP contribution in [0, 0.1) is 11.7 Å². The lowest BCUT2D eigenvalue weighted by molar-refractivity contribution is -0.236. The number of ether oxygens (including phenoxy) is 1. The zero-order valence-corrected chi connectivity index (χ0v) is 25.2. The third-order valence-corrected chi connectivity index (χ3v) is 11.0. The van der Waals surface area contributed by atoms with E-state index in [9.17, 15) is 26.4 Å². The molecule has 7 nitrogen and oxygen atoms in total. The van der Waals surface area contributed by atoms with Gasteiger partial charge in [-0.1, -0.05) is 29.8 Å². The van der Waals surface area contributed by atoms with Crippen molar-refractivity contribution in [3.63, 3.8) is 0 Å². The zero-order chi connectivity index (χ0) is 30.8. The molecule has 2 aromatic carbocycles. The van der Waals surface area contributed by atoms with Gasteiger partial charge >= 0.3 is 6.18 Å². The van der Waals surface area contributed by atoms with E-state index in [1.54, 1.807) is 34.6 Å². The number of benzene rings is 2. The summed E-state index contributed by atoms with van der Waals surface area (Å²) in [6, 6.07) is 11.0. The minimum absolute atomic E-state index is 0.0533. The average molecular weight is 646 g/mol. The second-order valence-electron chi connectivity index (χ2n) is 11.7. The number of alkyl halides is 3. The van der Waals surface area contributed by atoms with Crippen LogP contribution in [0.1, 0.15) is 55.6 Å². The molecule has 2 aromatic rings.